The molecule has 2 saturated heterocycles. The van der Waals surface area contributed by atoms with Gasteiger partial charge in [-0.1, -0.05) is 17.4 Å². The highest BCUT2D eigenvalue weighted by Gasteiger charge is 2.37. The van der Waals surface area contributed by atoms with E-state index in [0.29, 0.717) is 37.4 Å². The summed E-state index contributed by atoms with van der Waals surface area (Å²) in [5.74, 6) is -1.52. The minimum atomic E-state index is -0.790. The molecule has 0 aliphatic carbocycles. The van der Waals surface area contributed by atoms with Crippen LogP contribution in [0.1, 0.15) is 23.3 Å². The number of alkyl carbamates (subject to hydrolysis) is 1. The molecule has 0 unspecified atom stereocenters. The molecule has 178 valence electrons. The van der Waals surface area contributed by atoms with Crippen molar-refractivity contribution in [1.29, 1.82) is 0 Å². The molecule has 4 N–H and O–H groups in total. The van der Waals surface area contributed by atoms with Crippen LogP contribution in [0.2, 0.25) is 0 Å². The molecule has 5 rings (SSSR count). The smallest absolute Gasteiger partial charge is 0.407 e. The Balaban J connectivity index is 1.37. The summed E-state index contributed by atoms with van der Waals surface area (Å²) >= 11 is 0.831. The summed E-state index contributed by atoms with van der Waals surface area (Å²) in [4.78, 5) is 30.7. The first-order valence-corrected chi connectivity index (χ1v) is 11.4. The molecule has 2 atom stereocenters. The summed E-state index contributed by atoms with van der Waals surface area (Å²) in [5.41, 5.74) is 5.96. The molecule has 2 aliphatic rings. The number of nitrogens with two attached hydrogens (primary N) is 1. The van der Waals surface area contributed by atoms with Gasteiger partial charge in [0.05, 0.1) is 17.8 Å². The van der Waals surface area contributed by atoms with Gasteiger partial charge < -0.3 is 26.0 Å². The highest BCUT2D eigenvalue weighted by atomic mass is 32.1. The molecular formula is C21H21F2N7O3S. The van der Waals surface area contributed by atoms with Crippen molar-refractivity contribution in [2.45, 2.75) is 25.0 Å². The van der Waals surface area contributed by atoms with Gasteiger partial charge in [-0.3, -0.25) is 9.48 Å². The van der Waals surface area contributed by atoms with Crippen LogP contribution in [0.5, 0.6) is 0 Å². The number of nitrogens with zero attached hydrogens (tertiary/aromatic N) is 4. The van der Waals surface area contributed by atoms with Crippen LogP contribution in [0.15, 0.2) is 24.4 Å². The second-order valence-corrected chi connectivity index (χ2v) is 9.08. The molecule has 3 aromatic rings. The van der Waals surface area contributed by atoms with Crippen molar-refractivity contribution < 1.29 is 23.1 Å². The van der Waals surface area contributed by atoms with Crippen LogP contribution >= 0.6 is 11.3 Å². The molecule has 0 radical (unpaired) electrons. The first kappa shape index (κ1) is 22.1. The fraction of sp³-hybridized carbons (Fsp3) is 0.333. The number of hydrogen-bond donors (Lipinski definition) is 3. The van der Waals surface area contributed by atoms with Crippen LogP contribution < -0.4 is 21.3 Å². The van der Waals surface area contributed by atoms with Gasteiger partial charge >= 0.3 is 6.09 Å². The minimum Gasteiger partial charge on any atom is -0.444 e. The fourth-order valence-corrected chi connectivity index (χ4v) is 5.17. The summed E-state index contributed by atoms with van der Waals surface area (Å²) in [6, 6.07) is 3.42. The highest BCUT2D eigenvalue weighted by molar-refractivity contribution is 7.19. The van der Waals surface area contributed by atoms with E-state index >= 15 is 0 Å². The van der Waals surface area contributed by atoms with Crippen molar-refractivity contribution in [1.82, 2.24) is 20.1 Å². The average Bonchev–Trinajstić information content (AvgIpc) is 3.41. The van der Waals surface area contributed by atoms with Crippen LogP contribution in [0.3, 0.4) is 0 Å². The molecule has 10 nitrogen and oxygen atoms in total. The Bertz CT molecular complexity index is 1240. The zero-order chi connectivity index (χ0) is 24.0. The van der Waals surface area contributed by atoms with Crippen molar-refractivity contribution in [2.24, 2.45) is 7.05 Å². The lowest BCUT2D eigenvalue weighted by molar-refractivity contribution is 0.102. The van der Waals surface area contributed by atoms with Gasteiger partial charge in [0.2, 0.25) is 0 Å². The maximum atomic E-state index is 14.2. The standard InChI is InChI=1S/C21H21F2N7O3S/c1-29-20(30-7-5-12-14(6-8-30)33-21(32)27-12)13(9-25-29)26-18(31)16-17(24)34-19(28-16)15-10(22)3-2-4-11(15)23/h2-4,9,12,14H,5-8,24H2,1H3,(H,26,31)(H,27,32)/t12-,14+/m1/s1. The first-order valence-electron chi connectivity index (χ1n) is 10.6. The first-order chi connectivity index (χ1) is 16.3. The van der Waals surface area contributed by atoms with Gasteiger partial charge in [-0.05, 0) is 18.6 Å². The lowest BCUT2D eigenvalue weighted by atomic mass is 10.1. The van der Waals surface area contributed by atoms with Crippen LogP contribution in [-0.2, 0) is 11.8 Å². The van der Waals surface area contributed by atoms with Gasteiger partial charge in [-0.2, -0.15) is 5.10 Å². The number of thiazole rings is 1. The Morgan fingerprint density at radius 3 is 2.79 bits per heavy atom. The zero-order valence-corrected chi connectivity index (χ0v) is 18.9. The van der Waals surface area contributed by atoms with Crippen LogP contribution in [-0.4, -0.2) is 52.0 Å². The second-order valence-electron chi connectivity index (χ2n) is 8.05. The van der Waals surface area contributed by atoms with Crippen molar-refractivity contribution in [3.8, 4) is 10.6 Å². The van der Waals surface area contributed by atoms with E-state index in [1.54, 1.807) is 11.7 Å². The summed E-state index contributed by atoms with van der Waals surface area (Å²) in [6.07, 6.45) is 2.21. The molecule has 0 bridgehead atoms. The van der Waals surface area contributed by atoms with Gasteiger partial charge in [0.15, 0.2) is 11.5 Å². The monoisotopic (exact) mass is 489 g/mol. The number of amides is 2. The van der Waals surface area contributed by atoms with E-state index in [-0.39, 0.29) is 33.4 Å². The van der Waals surface area contributed by atoms with E-state index in [4.69, 9.17) is 10.5 Å². The predicted molar refractivity (Wildman–Crippen MR) is 122 cm³/mol. The number of carbonyl (C=O) groups is 2. The fourth-order valence-electron chi connectivity index (χ4n) is 4.30. The number of benzene rings is 1. The molecule has 2 amide bonds. The van der Waals surface area contributed by atoms with Crippen molar-refractivity contribution >= 4 is 39.8 Å². The number of carbonyl (C=O) groups excluding carboxylic acids is 2. The Kier molecular flexibility index (Phi) is 5.55. The molecule has 2 aliphatic heterocycles. The number of halogens is 2. The van der Waals surface area contributed by atoms with Crippen molar-refractivity contribution in [2.75, 3.05) is 29.0 Å². The maximum Gasteiger partial charge on any atom is 0.407 e. The van der Waals surface area contributed by atoms with Gasteiger partial charge in [-0.25, -0.2) is 18.6 Å². The molecule has 34 heavy (non-hydrogen) atoms. The van der Waals surface area contributed by atoms with Gasteiger partial charge in [0.1, 0.15) is 33.4 Å². The third-order valence-electron chi connectivity index (χ3n) is 5.90. The molecule has 0 spiro atoms. The number of nitrogens with one attached hydrogen (secondary N) is 2. The third kappa shape index (κ3) is 3.91. The third-order valence-corrected chi connectivity index (χ3v) is 6.81. The topological polar surface area (TPSA) is 127 Å². The van der Waals surface area contributed by atoms with Gasteiger partial charge in [-0.15, -0.1) is 0 Å². The Labute approximate surface area is 196 Å². The number of nitrogen functional groups attached to an aromatic ring is 1. The number of aryl methyl sites for hydroxylation is 1. The molecular weight excluding hydrogens is 468 g/mol. The number of anilines is 3. The molecule has 2 aromatic heterocycles. The number of ether oxygens (including phenoxy) is 1. The largest absolute Gasteiger partial charge is 0.444 e. The average molecular weight is 490 g/mol. The number of fused-ring (bicyclic) bond motifs is 1. The number of aromatic nitrogens is 3. The summed E-state index contributed by atoms with van der Waals surface area (Å²) in [5, 5.41) is 9.87. The summed E-state index contributed by atoms with van der Waals surface area (Å²) in [7, 11) is 1.76. The number of hydrogen-bond acceptors (Lipinski definition) is 8. The lowest BCUT2D eigenvalue weighted by Gasteiger charge is -2.24. The Hall–Kier alpha value is -3.74. The normalized spacial score (nSPS) is 19.9. The SMILES string of the molecule is Cn1ncc(NC(=O)c2nc(-c3c(F)cccc3F)sc2N)c1N1CC[C@@H]2OC(=O)N[C@@H]2CC1. The zero-order valence-electron chi connectivity index (χ0n) is 18.0. The van der Waals surface area contributed by atoms with Crippen LogP contribution in [0.25, 0.3) is 10.6 Å². The van der Waals surface area contributed by atoms with Crippen LogP contribution in [0, 0.1) is 11.6 Å². The molecule has 1 aromatic carbocycles. The minimum absolute atomic E-state index is 0.0224. The highest BCUT2D eigenvalue weighted by Crippen LogP contribution is 2.35. The van der Waals surface area contributed by atoms with E-state index in [2.05, 4.69) is 25.6 Å². The molecule has 4 heterocycles. The summed E-state index contributed by atoms with van der Waals surface area (Å²) in [6.45, 7) is 1.21. The molecule has 0 saturated carbocycles. The van der Waals surface area contributed by atoms with E-state index in [1.807, 2.05) is 0 Å². The van der Waals surface area contributed by atoms with Crippen molar-refractivity contribution in [3.05, 3.63) is 41.7 Å². The van der Waals surface area contributed by atoms with E-state index in [1.165, 1.54) is 12.3 Å². The van der Waals surface area contributed by atoms with E-state index < -0.39 is 23.6 Å². The predicted octanol–water partition coefficient (Wildman–Crippen LogP) is 2.73. The van der Waals surface area contributed by atoms with Crippen LogP contribution in [0.4, 0.5) is 30.1 Å². The van der Waals surface area contributed by atoms with Crippen molar-refractivity contribution in [3.63, 3.8) is 0 Å². The van der Waals surface area contributed by atoms with E-state index in [0.717, 1.165) is 23.5 Å². The maximum absolute atomic E-state index is 14.2. The second kappa shape index (κ2) is 8.56. The quantitative estimate of drug-likeness (QED) is 0.514. The van der Waals surface area contributed by atoms with Gasteiger partial charge in [0.25, 0.3) is 5.91 Å². The Morgan fingerprint density at radius 1 is 1.29 bits per heavy atom. The molecule has 2 fully saturated rings. The Morgan fingerprint density at radius 2 is 2.03 bits per heavy atom. The lowest BCUT2D eigenvalue weighted by Crippen LogP contribution is -2.32. The van der Waals surface area contributed by atoms with Gasteiger partial charge in [0, 0.05) is 26.6 Å². The molecule has 13 heteroatoms. The number of rotatable bonds is 4. The van der Waals surface area contributed by atoms with E-state index in [9.17, 15) is 18.4 Å². The summed E-state index contributed by atoms with van der Waals surface area (Å²) < 4.78 is 35.3.